The maximum absolute atomic E-state index is 12.2. The highest BCUT2D eigenvalue weighted by Crippen LogP contribution is 2.15. The molecule has 2 aromatic heterocycles. The third-order valence-electron chi connectivity index (χ3n) is 2.95. The predicted octanol–water partition coefficient (Wildman–Crippen LogP) is 2.43. The van der Waals surface area contributed by atoms with E-state index < -0.39 is 9.84 Å². The molecule has 0 amide bonds. The molecule has 3 rings (SSSR count). The zero-order valence-corrected chi connectivity index (χ0v) is 12.7. The number of H-pyrrole nitrogens is 1. The molecule has 0 saturated carbocycles. The fourth-order valence-electron chi connectivity index (χ4n) is 1.95. The van der Waals surface area contributed by atoms with Gasteiger partial charge in [0.05, 0.1) is 4.90 Å². The number of hydrogen-bond donors (Lipinski definition) is 1. The minimum absolute atomic E-state index is 0.197. The fourth-order valence-corrected chi connectivity index (χ4v) is 3.82. The minimum atomic E-state index is -3.40. The lowest BCUT2D eigenvalue weighted by molar-refractivity contribution is 0.594. The van der Waals surface area contributed by atoms with Crippen molar-refractivity contribution in [1.82, 2.24) is 15.2 Å². The average molecular weight is 319 g/mol. The van der Waals surface area contributed by atoms with Gasteiger partial charge in [0.1, 0.15) is 11.6 Å². The Bertz CT molecular complexity index is 809. The molecule has 3 aromatic rings. The molecular formula is C14H13N3O2S2. The lowest BCUT2D eigenvalue weighted by Gasteiger charge is -2.00. The number of aromatic amines is 1. The molecule has 0 radical (unpaired) electrons. The molecule has 0 spiro atoms. The second kappa shape index (κ2) is 5.79. The topological polar surface area (TPSA) is 75.7 Å². The van der Waals surface area contributed by atoms with Gasteiger partial charge in [-0.25, -0.2) is 13.4 Å². The maximum Gasteiger partial charge on any atom is 0.185 e. The van der Waals surface area contributed by atoms with Crippen LogP contribution in [0.4, 0.5) is 0 Å². The first-order valence-electron chi connectivity index (χ1n) is 6.32. The monoisotopic (exact) mass is 319 g/mol. The first-order chi connectivity index (χ1) is 10.1. The van der Waals surface area contributed by atoms with E-state index in [1.54, 1.807) is 41.7 Å². The normalized spacial score (nSPS) is 11.6. The molecule has 0 bridgehead atoms. The SMILES string of the molecule is O=S(=O)(Cc1n[nH]c(Cc2ccsc2)n1)c1ccccc1. The zero-order valence-electron chi connectivity index (χ0n) is 11.1. The molecule has 5 nitrogen and oxygen atoms in total. The zero-order chi connectivity index (χ0) is 14.7. The Morgan fingerprint density at radius 3 is 2.67 bits per heavy atom. The number of nitrogens with one attached hydrogen (secondary N) is 1. The largest absolute Gasteiger partial charge is 0.263 e. The Kier molecular flexibility index (Phi) is 3.85. The summed E-state index contributed by atoms with van der Waals surface area (Å²) in [6.45, 7) is 0. The highest BCUT2D eigenvalue weighted by molar-refractivity contribution is 7.90. The Morgan fingerprint density at radius 2 is 1.95 bits per heavy atom. The summed E-state index contributed by atoms with van der Waals surface area (Å²) in [6.07, 6.45) is 0.627. The van der Waals surface area contributed by atoms with Crippen LogP contribution in [0.5, 0.6) is 0 Å². The molecule has 0 atom stereocenters. The van der Waals surface area contributed by atoms with Gasteiger partial charge in [-0.2, -0.15) is 16.4 Å². The Morgan fingerprint density at radius 1 is 1.14 bits per heavy atom. The number of thiophene rings is 1. The van der Waals surface area contributed by atoms with E-state index in [0.29, 0.717) is 18.1 Å². The molecular weight excluding hydrogens is 306 g/mol. The van der Waals surface area contributed by atoms with Gasteiger partial charge >= 0.3 is 0 Å². The molecule has 7 heteroatoms. The molecule has 108 valence electrons. The lowest BCUT2D eigenvalue weighted by Crippen LogP contribution is -2.06. The van der Waals surface area contributed by atoms with Crippen molar-refractivity contribution >= 4 is 21.2 Å². The van der Waals surface area contributed by atoms with Gasteiger partial charge in [0.2, 0.25) is 0 Å². The van der Waals surface area contributed by atoms with Crippen LogP contribution in [0.15, 0.2) is 52.1 Å². The summed E-state index contributed by atoms with van der Waals surface area (Å²) < 4.78 is 24.5. The van der Waals surface area contributed by atoms with E-state index in [0.717, 1.165) is 5.56 Å². The van der Waals surface area contributed by atoms with Crippen molar-refractivity contribution in [3.63, 3.8) is 0 Å². The van der Waals surface area contributed by atoms with Crippen LogP contribution in [0.25, 0.3) is 0 Å². The predicted molar refractivity (Wildman–Crippen MR) is 80.8 cm³/mol. The van der Waals surface area contributed by atoms with Gasteiger partial charge < -0.3 is 0 Å². The Hall–Kier alpha value is -1.99. The summed E-state index contributed by atoms with van der Waals surface area (Å²) in [6, 6.07) is 10.3. The average Bonchev–Trinajstić information content (AvgIpc) is 3.12. The summed E-state index contributed by atoms with van der Waals surface area (Å²) in [7, 11) is -3.40. The van der Waals surface area contributed by atoms with Gasteiger partial charge in [-0.1, -0.05) is 18.2 Å². The summed E-state index contributed by atoms with van der Waals surface area (Å²) in [5, 5.41) is 10.8. The molecule has 21 heavy (non-hydrogen) atoms. The highest BCUT2D eigenvalue weighted by atomic mass is 32.2. The molecule has 0 fully saturated rings. The van der Waals surface area contributed by atoms with E-state index in [2.05, 4.69) is 15.2 Å². The number of benzene rings is 1. The minimum Gasteiger partial charge on any atom is -0.263 e. The number of hydrogen-bond acceptors (Lipinski definition) is 5. The second-order valence-electron chi connectivity index (χ2n) is 4.58. The molecule has 1 N–H and O–H groups in total. The van der Waals surface area contributed by atoms with E-state index in [1.165, 1.54) is 0 Å². The molecule has 0 aliphatic rings. The van der Waals surface area contributed by atoms with Gasteiger partial charge in [-0.3, -0.25) is 5.10 Å². The van der Waals surface area contributed by atoms with Crippen LogP contribution in [0.2, 0.25) is 0 Å². The standard InChI is InChI=1S/C14H13N3O2S2/c18-21(19,12-4-2-1-3-5-12)10-14-15-13(16-17-14)8-11-6-7-20-9-11/h1-7,9H,8,10H2,(H,15,16,17). The van der Waals surface area contributed by atoms with Crippen LogP contribution >= 0.6 is 11.3 Å². The number of nitrogens with zero attached hydrogens (tertiary/aromatic N) is 2. The van der Waals surface area contributed by atoms with Crippen molar-refractivity contribution in [3.8, 4) is 0 Å². The van der Waals surface area contributed by atoms with Gasteiger partial charge in [0, 0.05) is 6.42 Å². The van der Waals surface area contributed by atoms with Crippen LogP contribution in [0, 0.1) is 0 Å². The van der Waals surface area contributed by atoms with Crippen LogP contribution in [-0.4, -0.2) is 23.6 Å². The van der Waals surface area contributed by atoms with Gasteiger partial charge in [0.15, 0.2) is 15.7 Å². The van der Waals surface area contributed by atoms with Crippen molar-refractivity contribution in [1.29, 1.82) is 0 Å². The summed E-state index contributed by atoms with van der Waals surface area (Å²) in [4.78, 5) is 4.54. The first-order valence-corrected chi connectivity index (χ1v) is 8.92. The Labute approximate surface area is 126 Å². The third kappa shape index (κ3) is 3.37. The van der Waals surface area contributed by atoms with Gasteiger partial charge in [-0.15, -0.1) is 0 Å². The van der Waals surface area contributed by atoms with E-state index in [9.17, 15) is 8.42 Å². The molecule has 0 saturated heterocycles. The van der Waals surface area contributed by atoms with Crippen molar-refractivity contribution < 1.29 is 8.42 Å². The molecule has 0 unspecified atom stereocenters. The van der Waals surface area contributed by atoms with E-state index in [1.807, 2.05) is 16.8 Å². The van der Waals surface area contributed by atoms with E-state index in [-0.39, 0.29) is 10.6 Å². The van der Waals surface area contributed by atoms with Crippen LogP contribution in [0.3, 0.4) is 0 Å². The smallest absolute Gasteiger partial charge is 0.185 e. The molecule has 0 aliphatic carbocycles. The highest BCUT2D eigenvalue weighted by Gasteiger charge is 2.18. The summed E-state index contributed by atoms with van der Waals surface area (Å²) >= 11 is 1.61. The third-order valence-corrected chi connectivity index (χ3v) is 5.31. The first kappa shape index (κ1) is 14.0. The molecule has 1 aromatic carbocycles. The number of aromatic nitrogens is 3. The summed E-state index contributed by atoms with van der Waals surface area (Å²) in [5.74, 6) is 0.771. The van der Waals surface area contributed by atoms with Crippen LogP contribution in [0.1, 0.15) is 17.2 Å². The fraction of sp³-hybridized carbons (Fsp3) is 0.143. The molecule has 0 aliphatic heterocycles. The van der Waals surface area contributed by atoms with Crippen molar-refractivity contribution in [3.05, 3.63) is 64.4 Å². The van der Waals surface area contributed by atoms with Crippen LogP contribution < -0.4 is 0 Å². The van der Waals surface area contributed by atoms with Crippen LogP contribution in [-0.2, 0) is 22.0 Å². The number of sulfone groups is 1. The van der Waals surface area contributed by atoms with E-state index in [4.69, 9.17) is 0 Å². The van der Waals surface area contributed by atoms with Crippen molar-refractivity contribution in [2.75, 3.05) is 0 Å². The quantitative estimate of drug-likeness (QED) is 0.783. The second-order valence-corrected chi connectivity index (χ2v) is 7.35. The lowest BCUT2D eigenvalue weighted by atomic mass is 10.2. The Balaban J connectivity index is 1.75. The summed E-state index contributed by atoms with van der Waals surface area (Å²) in [5.41, 5.74) is 1.13. The van der Waals surface area contributed by atoms with Crippen molar-refractivity contribution in [2.45, 2.75) is 17.1 Å². The van der Waals surface area contributed by atoms with Crippen molar-refractivity contribution in [2.24, 2.45) is 0 Å². The number of rotatable bonds is 5. The van der Waals surface area contributed by atoms with E-state index >= 15 is 0 Å². The molecule has 2 heterocycles. The maximum atomic E-state index is 12.2. The van der Waals surface area contributed by atoms with Gasteiger partial charge in [-0.05, 0) is 34.5 Å². The van der Waals surface area contributed by atoms with Gasteiger partial charge in [0.25, 0.3) is 0 Å².